The smallest absolute Gasteiger partial charge is 0.203 e. The molecular weight excluding hydrogens is 372 g/mol. The van der Waals surface area contributed by atoms with E-state index >= 15 is 0 Å². The number of carbonyl (C=O) groups excluding carboxylic acids is 1. The van der Waals surface area contributed by atoms with Crippen molar-refractivity contribution in [3.63, 3.8) is 0 Å². The molecule has 3 rings (SSSR count). The lowest BCUT2D eigenvalue weighted by Crippen LogP contribution is -2.45. The van der Waals surface area contributed by atoms with Crippen LogP contribution < -0.4 is 19.9 Å². The van der Waals surface area contributed by atoms with Gasteiger partial charge in [0.25, 0.3) is 0 Å². The summed E-state index contributed by atoms with van der Waals surface area (Å²) in [7, 11) is 8.25. The summed E-state index contributed by atoms with van der Waals surface area (Å²) >= 11 is 0. The average Bonchev–Trinajstić information content (AvgIpc) is 2.71. The Morgan fingerprint density at radius 2 is 1.83 bits per heavy atom. The Morgan fingerprint density at radius 1 is 1.14 bits per heavy atom. The highest BCUT2D eigenvalue weighted by molar-refractivity contribution is 6.00. The lowest BCUT2D eigenvalue weighted by Gasteiger charge is -2.42. The zero-order valence-corrected chi connectivity index (χ0v) is 17.4. The number of benzene rings is 1. The van der Waals surface area contributed by atoms with Crippen LogP contribution in [0.2, 0.25) is 0 Å². The van der Waals surface area contributed by atoms with Gasteiger partial charge in [0.1, 0.15) is 5.82 Å². The monoisotopic (exact) mass is 398 g/mol. The highest BCUT2D eigenvalue weighted by Gasteiger charge is 2.42. The first kappa shape index (κ1) is 20.6. The van der Waals surface area contributed by atoms with Crippen LogP contribution in [0, 0.1) is 11.3 Å². The number of ketones is 1. The molecule has 2 aliphatic rings. The van der Waals surface area contributed by atoms with E-state index in [0.29, 0.717) is 52.6 Å². The minimum Gasteiger partial charge on any atom is -0.493 e. The number of carbonyl (C=O) groups is 1. The Hall–Kier alpha value is -3.18. The molecule has 1 aromatic carbocycles. The third-order valence-corrected chi connectivity index (χ3v) is 5.33. The van der Waals surface area contributed by atoms with Gasteiger partial charge in [0.15, 0.2) is 17.3 Å². The van der Waals surface area contributed by atoms with Crippen molar-refractivity contribution in [2.24, 2.45) is 5.73 Å². The Balaban J connectivity index is 2.34. The minimum absolute atomic E-state index is 0.0141. The van der Waals surface area contributed by atoms with Gasteiger partial charge in [-0.1, -0.05) is 6.07 Å². The molecule has 0 saturated heterocycles. The van der Waals surface area contributed by atoms with Gasteiger partial charge in [-0.2, -0.15) is 5.26 Å². The van der Waals surface area contributed by atoms with Crippen molar-refractivity contribution in [2.45, 2.75) is 25.2 Å². The summed E-state index contributed by atoms with van der Waals surface area (Å²) in [5.41, 5.74) is 8.79. The number of nitrogens with two attached hydrogens (primary N) is 1. The maximum Gasteiger partial charge on any atom is 0.203 e. The van der Waals surface area contributed by atoms with Gasteiger partial charge in [-0.15, -0.1) is 0 Å². The van der Waals surface area contributed by atoms with Gasteiger partial charge < -0.3 is 19.9 Å². The normalized spacial score (nSPS) is 19.3. The van der Waals surface area contributed by atoms with E-state index in [4.69, 9.17) is 19.9 Å². The summed E-state index contributed by atoms with van der Waals surface area (Å²) < 4.78 is 16.5. The number of Topliss-reactive ketones (excluding diaryl/α,β-unsaturated/α-hetero) is 1. The number of ether oxygens (including phenoxy) is 3. The Morgan fingerprint density at radius 3 is 2.38 bits per heavy atom. The van der Waals surface area contributed by atoms with Crippen LogP contribution in [0.25, 0.3) is 0 Å². The van der Waals surface area contributed by atoms with Crippen LogP contribution in [0.15, 0.2) is 34.8 Å². The summed E-state index contributed by atoms with van der Waals surface area (Å²) in [4.78, 5) is 13.1. The molecule has 2 N–H and O–H groups in total. The number of hydrogen-bond donors (Lipinski definition) is 1. The van der Waals surface area contributed by atoms with Crippen LogP contribution in [0.5, 0.6) is 17.2 Å². The highest BCUT2D eigenvalue weighted by atomic mass is 16.5. The fourth-order valence-corrected chi connectivity index (χ4v) is 4.19. The molecule has 154 valence electrons. The first-order valence-electron chi connectivity index (χ1n) is 9.33. The molecule has 1 atom stereocenters. The second kappa shape index (κ2) is 8.05. The van der Waals surface area contributed by atoms with E-state index in [9.17, 15) is 10.1 Å². The van der Waals surface area contributed by atoms with E-state index < -0.39 is 5.92 Å². The molecule has 0 spiro atoms. The molecule has 1 aromatic rings. The third-order valence-electron chi connectivity index (χ3n) is 5.33. The molecule has 29 heavy (non-hydrogen) atoms. The lowest BCUT2D eigenvalue weighted by atomic mass is 9.75. The average molecular weight is 398 g/mol. The molecule has 8 nitrogen and oxygen atoms in total. The Bertz CT molecular complexity index is 943. The summed E-state index contributed by atoms with van der Waals surface area (Å²) in [6.07, 6.45) is 1.88. The van der Waals surface area contributed by atoms with Gasteiger partial charge >= 0.3 is 0 Å². The molecule has 0 bridgehead atoms. The predicted octanol–water partition coefficient (Wildman–Crippen LogP) is 2.29. The standard InChI is InChI=1S/C21H26N4O4/c1-24(2)25-14-7-6-8-15(26)18(14)17(13(11-22)21(25)23)12-9-10-16(27-3)20(29-5)19(12)28-4/h9-10,17H,6-8,23H2,1-5H3/t17-/m0/s1. The summed E-state index contributed by atoms with van der Waals surface area (Å²) in [6, 6.07) is 5.77. The molecule has 0 amide bonds. The van der Waals surface area contributed by atoms with Crippen molar-refractivity contribution in [2.75, 3.05) is 35.4 Å². The molecule has 1 heterocycles. The first-order chi connectivity index (χ1) is 13.9. The molecule has 1 aliphatic carbocycles. The van der Waals surface area contributed by atoms with Crippen LogP contribution in [-0.4, -0.2) is 51.2 Å². The molecule has 8 heteroatoms. The van der Waals surface area contributed by atoms with Gasteiger partial charge in [-0.05, 0) is 18.9 Å². The van der Waals surface area contributed by atoms with E-state index in [1.807, 2.05) is 14.1 Å². The SMILES string of the molecule is COc1ccc([C@H]2C(C#N)=C(N)N(N(C)C)C3=C2C(=O)CCC3)c(OC)c1OC. The number of hydrazine groups is 1. The number of allylic oxidation sites excluding steroid dienone is 3. The first-order valence-corrected chi connectivity index (χ1v) is 9.33. The van der Waals surface area contributed by atoms with Gasteiger partial charge in [0.2, 0.25) is 5.75 Å². The summed E-state index contributed by atoms with van der Waals surface area (Å²) in [5, 5.41) is 13.5. The van der Waals surface area contributed by atoms with Crippen molar-refractivity contribution in [1.82, 2.24) is 10.0 Å². The van der Waals surface area contributed by atoms with Gasteiger partial charge in [0.05, 0.1) is 38.9 Å². The molecule has 0 radical (unpaired) electrons. The number of nitrogens with zero attached hydrogens (tertiary/aromatic N) is 3. The van der Waals surface area contributed by atoms with Gasteiger partial charge in [-0.25, -0.2) is 5.01 Å². The number of hydrogen-bond acceptors (Lipinski definition) is 8. The number of nitriles is 1. The maximum atomic E-state index is 13.1. The topological polar surface area (TPSA) is 101 Å². The van der Waals surface area contributed by atoms with E-state index in [1.165, 1.54) is 21.3 Å². The van der Waals surface area contributed by atoms with Crippen LogP contribution in [0.3, 0.4) is 0 Å². The third kappa shape index (κ3) is 3.17. The van der Waals surface area contributed by atoms with Crippen molar-refractivity contribution in [1.29, 1.82) is 5.26 Å². The zero-order chi connectivity index (χ0) is 21.3. The second-order valence-electron chi connectivity index (χ2n) is 7.06. The van der Waals surface area contributed by atoms with Crippen LogP contribution in [0.4, 0.5) is 0 Å². The van der Waals surface area contributed by atoms with Crippen molar-refractivity contribution < 1.29 is 19.0 Å². The van der Waals surface area contributed by atoms with E-state index in [0.717, 1.165) is 12.1 Å². The maximum absolute atomic E-state index is 13.1. The Labute approximate surface area is 170 Å². The zero-order valence-electron chi connectivity index (χ0n) is 17.4. The Kier molecular flexibility index (Phi) is 5.71. The molecule has 1 aliphatic heterocycles. The summed E-state index contributed by atoms with van der Waals surface area (Å²) in [5.74, 6) is 1.02. The van der Waals surface area contributed by atoms with Gasteiger partial charge in [0, 0.05) is 37.3 Å². The quantitative estimate of drug-likeness (QED) is 0.806. The van der Waals surface area contributed by atoms with E-state index in [-0.39, 0.29) is 5.78 Å². The fourth-order valence-electron chi connectivity index (χ4n) is 4.19. The van der Waals surface area contributed by atoms with Gasteiger partial charge in [-0.3, -0.25) is 9.80 Å². The lowest BCUT2D eigenvalue weighted by molar-refractivity contribution is -0.116. The van der Waals surface area contributed by atoms with Crippen molar-refractivity contribution >= 4 is 5.78 Å². The highest BCUT2D eigenvalue weighted by Crippen LogP contribution is 2.50. The van der Waals surface area contributed by atoms with Crippen LogP contribution in [0.1, 0.15) is 30.7 Å². The molecule has 0 aromatic heterocycles. The van der Waals surface area contributed by atoms with Crippen molar-refractivity contribution in [3.8, 4) is 23.3 Å². The summed E-state index contributed by atoms with van der Waals surface area (Å²) in [6.45, 7) is 0. The number of rotatable bonds is 5. The fraction of sp³-hybridized carbons (Fsp3) is 0.429. The molecule has 0 saturated carbocycles. The van der Waals surface area contributed by atoms with Crippen LogP contribution in [-0.2, 0) is 4.79 Å². The number of methoxy groups -OCH3 is 3. The molecule has 0 unspecified atom stereocenters. The predicted molar refractivity (Wildman–Crippen MR) is 107 cm³/mol. The van der Waals surface area contributed by atoms with E-state index in [2.05, 4.69) is 6.07 Å². The molecular formula is C21H26N4O4. The van der Waals surface area contributed by atoms with Crippen molar-refractivity contribution in [3.05, 3.63) is 40.4 Å². The van der Waals surface area contributed by atoms with Crippen LogP contribution >= 0.6 is 0 Å². The minimum atomic E-state index is -0.631. The van der Waals surface area contributed by atoms with E-state index in [1.54, 1.807) is 22.2 Å². The molecule has 0 fully saturated rings. The second-order valence-corrected chi connectivity index (χ2v) is 7.06. The largest absolute Gasteiger partial charge is 0.493 e.